The SMILES string of the molecule is NCC1(Cc2ccccn2)C=Cc2ccccc2N1. The number of nitrogens with zero attached hydrogens (tertiary/aromatic N) is 1. The van der Waals surface area contributed by atoms with E-state index >= 15 is 0 Å². The van der Waals surface area contributed by atoms with Gasteiger partial charge in [0.1, 0.15) is 0 Å². The number of nitrogens with two attached hydrogens (primary N) is 1. The summed E-state index contributed by atoms with van der Waals surface area (Å²) in [6.45, 7) is 0.536. The minimum atomic E-state index is -0.247. The van der Waals surface area contributed by atoms with Gasteiger partial charge in [-0.3, -0.25) is 4.98 Å². The van der Waals surface area contributed by atoms with Gasteiger partial charge in [-0.2, -0.15) is 0 Å². The van der Waals surface area contributed by atoms with Crippen molar-refractivity contribution in [1.82, 2.24) is 4.98 Å². The van der Waals surface area contributed by atoms with Crippen LogP contribution in [-0.2, 0) is 6.42 Å². The lowest BCUT2D eigenvalue weighted by Crippen LogP contribution is -2.47. The van der Waals surface area contributed by atoms with Crippen molar-refractivity contribution < 1.29 is 0 Å². The third-order valence-electron chi connectivity index (χ3n) is 3.51. The van der Waals surface area contributed by atoms with E-state index < -0.39 is 0 Å². The number of rotatable bonds is 3. The van der Waals surface area contributed by atoms with Gasteiger partial charge in [-0.25, -0.2) is 0 Å². The maximum Gasteiger partial charge on any atom is 0.0736 e. The Morgan fingerprint density at radius 2 is 1.95 bits per heavy atom. The Hall–Kier alpha value is -2.13. The number of pyridine rings is 1. The van der Waals surface area contributed by atoms with Gasteiger partial charge in [0.2, 0.25) is 0 Å². The summed E-state index contributed by atoms with van der Waals surface area (Å²) >= 11 is 0. The highest BCUT2D eigenvalue weighted by atomic mass is 15.0. The molecule has 0 saturated heterocycles. The van der Waals surface area contributed by atoms with E-state index in [1.807, 2.05) is 36.5 Å². The van der Waals surface area contributed by atoms with Gasteiger partial charge in [-0.15, -0.1) is 0 Å². The molecule has 3 heteroatoms. The topological polar surface area (TPSA) is 50.9 Å². The van der Waals surface area contributed by atoms with E-state index in [1.165, 1.54) is 5.56 Å². The molecule has 0 saturated carbocycles. The second kappa shape index (κ2) is 4.86. The fourth-order valence-corrected chi connectivity index (χ4v) is 2.44. The summed E-state index contributed by atoms with van der Waals surface area (Å²) in [4.78, 5) is 4.39. The third-order valence-corrected chi connectivity index (χ3v) is 3.51. The highest BCUT2D eigenvalue weighted by Crippen LogP contribution is 2.29. The average molecular weight is 251 g/mol. The quantitative estimate of drug-likeness (QED) is 0.881. The zero-order chi connectivity index (χ0) is 13.1. The molecular weight excluding hydrogens is 234 g/mol. The van der Waals surface area contributed by atoms with E-state index in [9.17, 15) is 0 Å². The van der Waals surface area contributed by atoms with Crippen LogP contribution in [0.3, 0.4) is 0 Å². The summed E-state index contributed by atoms with van der Waals surface area (Å²) < 4.78 is 0. The lowest BCUT2D eigenvalue weighted by atomic mass is 9.88. The molecule has 3 rings (SSSR count). The van der Waals surface area contributed by atoms with Crippen LogP contribution in [0, 0.1) is 0 Å². The molecule has 1 aromatic carbocycles. The van der Waals surface area contributed by atoms with Crippen LogP contribution in [0.4, 0.5) is 5.69 Å². The molecule has 3 N–H and O–H groups in total. The first-order valence-electron chi connectivity index (χ1n) is 6.48. The van der Waals surface area contributed by atoms with Crippen LogP contribution in [0.2, 0.25) is 0 Å². The van der Waals surface area contributed by atoms with Gasteiger partial charge >= 0.3 is 0 Å². The van der Waals surface area contributed by atoms with Crippen LogP contribution in [0.5, 0.6) is 0 Å². The zero-order valence-electron chi connectivity index (χ0n) is 10.7. The molecule has 1 unspecified atom stereocenters. The summed E-state index contributed by atoms with van der Waals surface area (Å²) in [5.74, 6) is 0. The van der Waals surface area contributed by atoms with E-state index in [0.29, 0.717) is 6.54 Å². The molecular formula is C16H17N3. The highest BCUT2D eigenvalue weighted by molar-refractivity contribution is 5.72. The number of hydrogen-bond donors (Lipinski definition) is 2. The third kappa shape index (κ3) is 2.37. The van der Waals surface area contributed by atoms with Crippen molar-refractivity contribution in [3.05, 3.63) is 66.0 Å². The Bertz CT molecular complexity index is 592. The van der Waals surface area contributed by atoms with Crippen molar-refractivity contribution in [1.29, 1.82) is 0 Å². The van der Waals surface area contributed by atoms with Crippen LogP contribution >= 0.6 is 0 Å². The van der Waals surface area contributed by atoms with Gasteiger partial charge in [0.25, 0.3) is 0 Å². The van der Waals surface area contributed by atoms with Crippen molar-refractivity contribution in [3.63, 3.8) is 0 Å². The molecule has 2 heterocycles. The van der Waals surface area contributed by atoms with Crippen LogP contribution < -0.4 is 11.1 Å². The molecule has 1 aliphatic heterocycles. The first-order valence-corrected chi connectivity index (χ1v) is 6.48. The Kier molecular flexibility index (Phi) is 3.05. The largest absolute Gasteiger partial charge is 0.374 e. The summed E-state index contributed by atoms with van der Waals surface area (Å²) in [5, 5.41) is 3.56. The average Bonchev–Trinajstić information content (AvgIpc) is 2.48. The first-order chi connectivity index (χ1) is 9.31. The molecule has 19 heavy (non-hydrogen) atoms. The summed E-state index contributed by atoms with van der Waals surface area (Å²) in [5.41, 5.74) is 9.13. The number of fused-ring (bicyclic) bond motifs is 1. The van der Waals surface area contributed by atoms with E-state index in [4.69, 9.17) is 5.73 Å². The van der Waals surface area contributed by atoms with Gasteiger partial charge in [0, 0.05) is 30.5 Å². The zero-order valence-corrected chi connectivity index (χ0v) is 10.7. The van der Waals surface area contributed by atoms with E-state index in [0.717, 1.165) is 17.8 Å². The molecule has 2 aromatic rings. The predicted octanol–water partition coefficient (Wildman–Crippen LogP) is 2.46. The molecule has 0 aliphatic carbocycles. The van der Waals surface area contributed by atoms with Crippen molar-refractivity contribution in [3.8, 4) is 0 Å². The number of anilines is 1. The molecule has 0 bridgehead atoms. The lowest BCUT2D eigenvalue weighted by Gasteiger charge is -2.35. The van der Waals surface area contributed by atoms with E-state index in [2.05, 4.69) is 34.6 Å². The Morgan fingerprint density at radius 1 is 1.11 bits per heavy atom. The van der Waals surface area contributed by atoms with Gasteiger partial charge in [-0.05, 0) is 23.8 Å². The van der Waals surface area contributed by atoms with Crippen molar-refractivity contribution in [2.75, 3.05) is 11.9 Å². The summed E-state index contributed by atoms with van der Waals surface area (Å²) in [6.07, 6.45) is 6.90. The fourth-order valence-electron chi connectivity index (χ4n) is 2.44. The number of hydrogen-bond acceptors (Lipinski definition) is 3. The maximum atomic E-state index is 6.00. The first kappa shape index (κ1) is 11.9. The smallest absolute Gasteiger partial charge is 0.0736 e. The van der Waals surface area contributed by atoms with E-state index in [-0.39, 0.29) is 5.54 Å². The monoisotopic (exact) mass is 251 g/mol. The second-order valence-electron chi connectivity index (χ2n) is 4.90. The normalized spacial score (nSPS) is 20.7. The second-order valence-corrected chi connectivity index (χ2v) is 4.90. The lowest BCUT2D eigenvalue weighted by molar-refractivity contribution is 0.573. The Morgan fingerprint density at radius 3 is 2.74 bits per heavy atom. The molecule has 1 aliphatic rings. The van der Waals surface area contributed by atoms with Crippen LogP contribution in [0.15, 0.2) is 54.7 Å². The molecule has 0 fully saturated rings. The molecule has 96 valence electrons. The Labute approximate surface area is 113 Å². The standard InChI is InChI=1S/C16H17N3/c17-12-16(11-14-6-3-4-10-18-14)9-8-13-5-1-2-7-15(13)19-16/h1-10,19H,11-12,17H2. The number of benzene rings is 1. The van der Waals surface area contributed by atoms with Crippen LogP contribution in [0.25, 0.3) is 6.08 Å². The molecule has 0 amide bonds. The van der Waals surface area contributed by atoms with Gasteiger partial charge in [0.05, 0.1) is 5.54 Å². The van der Waals surface area contributed by atoms with Crippen LogP contribution in [0.1, 0.15) is 11.3 Å². The fraction of sp³-hybridized carbons (Fsp3) is 0.188. The van der Waals surface area contributed by atoms with Crippen LogP contribution in [-0.4, -0.2) is 17.1 Å². The van der Waals surface area contributed by atoms with Gasteiger partial charge in [0.15, 0.2) is 0 Å². The van der Waals surface area contributed by atoms with Crippen molar-refractivity contribution in [2.24, 2.45) is 5.73 Å². The summed E-state index contributed by atoms with van der Waals surface area (Å²) in [7, 11) is 0. The van der Waals surface area contributed by atoms with Gasteiger partial charge < -0.3 is 11.1 Å². The van der Waals surface area contributed by atoms with E-state index in [1.54, 1.807) is 0 Å². The number of aromatic nitrogens is 1. The molecule has 3 nitrogen and oxygen atoms in total. The predicted molar refractivity (Wildman–Crippen MR) is 78.8 cm³/mol. The minimum absolute atomic E-state index is 0.247. The van der Waals surface area contributed by atoms with Crippen molar-refractivity contribution in [2.45, 2.75) is 12.0 Å². The minimum Gasteiger partial charge on any atom is -0.374 e. The molecule has 1 aromatic heterocycles. The Balaban J connectivity index is 1.90. The van der Waals surface area contributed by atoms with Gasteiger partial charge in [-0.1, -0.05) is 36.4 Å². The molecule has 0 spiro atoms. The number of para-hydroxylation sites is 1. The van der Waals surface area contributed by atoms with Crippen molar-refractivity contribution >= 4 is 11.8 Å². The highest BCUT2D eigenvalue weighted by Gasteiger charge is 2.29. The molecule has 0 radical (unpaired) electrons. The maximum absolute atomic E-state index is 6.00. The number of nitrogens with one attached hydrogen (secondary N) is 1. The summed E-state index contributed by atoms with van der Waals surface area (Å²) in [6, 6.07) is 14.2. The molecule has 1 atom stereocenters.